The third-order valence-electron chi connectivity index (χ3n) is 2.54. The van der Waals surface area contributed by atoms with Gasteiger partial charge in [0.05, 0.1) is 11.1 Å². The molecule has 1 aromatic heterocycles. The molecule has 0 aliphatic carbocycles. The number of benzene rings is 1. The fourth-order valence-corrected chi connectivity index (χ4v) is 2.84. The van der Waals surface area contributed by atoms with Gasteiger partial charge in [-0.15, -0.1) is 11.3 Å². The first-order chi connectivity index (χ1) is 10.6. The van der Waals surface area contributed by atoms with E-state index in [-0.39, 0.29) is 11.0 Å². The van der Waals surface area contributed by atoms with Crippen molar-refractivity contribution in [2.75, 3.05) is 11.9 Å². The van der Waals surface area contributed by atoms with E-state index >= 15 is 0 Å². The number of carbonyl (C=O) groups is 1. The molecule has 0 aliphatic rings. The Kier molecular flexibility index (Phi) is 6.29. The van der Waals surface area contributed by atoms with Crippen LogP contribution in [0.1, 0.15) is 23.7 Å². The lowest BCUT2D eigenvalue weighted by Gasteiger charge is -2.10. The normalized spacial score (nSPS) is 10.1. The summed E-state index contributed by atoms with van der Waals surface area (Å²) in [6, 6.07) is 5.15. The maximum atomic E-state index is 12.1. The Morgan fingerprint density at radius 1 is 1.50 bits per heavy atom. The highest BCUT2D eigenvalue weighted by Crippen LogP contribution is 2.26. The van der Waals surface area contributed by atoms with E-state index in [1.807, 2.05) is 12.3 Å². The lowest BCUT2D eigenvalue weighted by atomic mass is 10.2. The summed E-state index contributed by atoms with van der Waals surface area (Å²) >= 11 is 9.88. The summed E-state index contributed by atoms with van der Waals surface area (Å²) in [4.78, 5) is 16.2. The minimum atomic E-state index is -0.295. The molecule has 22 heavy (non-hydrogen) atoms. The van der Waals surface area contributed by atoms with Gasteiger partial charge < -0.3 is 10.1 Å². The first-order valence-corrected chi connectivity index (χ1v) is 8.62. The minimum absolute atomic E-state index is 0.211. The van der Waals surface area contributed by atoms with Crippen molar-refractivity contribution < 1.29 is 9.53 Å². The molecular weight excluding hydrogens is 386 g/mol. The average Bonchev–Trinajstić information content (AvgIpc) is 2.98. The van der Waals surface area contributed by atoms with E-state index in [2.05, 4.69) is 31.5 Å². The summed E-state index contributed by atoms with van der Waals surface area (Å²) in [5, 5.41) is 8.12. The molecule has 0 spiro atoms. The molecule has 5 nitrogen and oxygen atoms in total. The largest absolute Gasteiger partial charge is 0.492 e. The van der Waals surface area contributed by atoms with Crippen LogP contribution in [0.4, 0.5) is 5.13 Å². The zero-order valence-electron chi connectivity index (χ0n) is 11.8. The van der Waals surface area contributed by atoms with Crippen LogP contribution in [0, 0.1) is 0 Å². The molecule has 2 rings (SSSR count). The van der Waals surface area contributed by atoms with Crippen LogP contribution in [0.2, 0.25) is 0 Å². The van der Waals surface area contributed by atoms with Gasteiger partial charge in [-0.3, -0.25) is 10.1 Å². The van der Waals surface area contributed by atoms with Gasteiger partial charge in [0.25, 0.3) is 5.91 Å². The van der Waals surface area contributed by atoms with Crippen LogP contribution in [-0.2, 0) is 0 Å². The van der Waals surface area contributed by atoms with Gasteiger partial charge in [-0.2, -0.15) is 0 Å². The van der Waals surface area contributed by atoms with Gasteiger partial charge in [-0.05, 0) is 52.8 Å². The SMILES string of the molecule is CCCOc1ccc(C(=O)NC(=S)Nc2nccs2)cc1Br. The monoisotopic (exact) mass is 399 g/mol. The first kappa shape index (κ1) is 16.9. The number of thiocarbonyl (C=S) groups is 1. The van der Waals surface area contributed by atoms with Gasteiger partial charge in [0, 0.05) is 17.1 Å². The number of anilines is 1. The van der Waals surface area contributed by atoms with Crippen molar-refractivity contribution in [1.29, 1.82) is 0 Å². The van der Waals surface area contributed by atoms with Crippen LogP contribution in [0.15, 0.2) is 34.2 Å². The van der Waals surface area contributed by atoms with E-state index in [0.29, 0.717) is 23.1 Å². The summed E-state index contributed by atoms with van der Waals surface area (Å²) in [7, 11) is 0. The highest BCUT2D eigenvalue weighted by Gasteiger charge is 2.11. The Labute approximate surface area is 146 Å². The second-order valence-electron chi connectivity index (χ2n) is 4.24. The number of nitrogens with one attached hydrogen (secondary N) is 2. The van der Waals surface area contributed by atoms with Crippen molar-refractivity contribution in [2.24, 2.45) is 0 Å². The number of nitrogens with zero attached hydrogens (tertiary/aromatic N) is 1. The van der Waals surface area contributed by atoms with Crippen molar-refractivity contribution in [1.82, 2.24) is 10.3 Å². The predicted molar refractivity (Wildman–Crippen MR) is 95.7 cm³/mol. The molecule has 1 amide bonds. The van der Waals surface area contributed by atoms with E-state index in [1.165, 1.54) is 11.3 Å². The molecule has 2 aromatic rings. The highest BCUT2D eigenvalue weighted by atomic mass is 79.9. The van der Waals surface area contributed by atoms with Gasteiger partial charge in [-0.1, -0.05) is 6.92 Å². The molecule has 116 valence electrons. The number of hydrogen-bond acceptors (Lipinski definition) is 5. The predicted octanol–water partition coefficient (Wildman–Crippen LogP) is 3.82. The average molecular weight is 400 g/mol. The molecule has 0 atom stereocenters. The number of thiazole rings is 1. The van der Waals surface area contributed by atoms with Crippen LogP contribution >= 0.6 is 39.5 Å². The highest BCUT2D eigenvalue weighted by molar-refractivity contribution is 9.10. The van der Waals surface area contributed by atoms with E-state index in [0.717, 1.165) is 10.9 Å². The number of hydrogen-bond donors (Lipinski definition) is 2. The lowest BCUT2D eigenvalue weighted by Crippen LogP contribution is -2.34. The number of halogens is 1. The standard InChI is InChI=1S/C14H14BrN3O2S2/c1-2-6-20-11-4-3-9(8-10(11)15)12(19)17-13(21)18-14-16-5-7-22-14/h3-5,7-8H,2,6H2,1H3,(H2,16,17,18,19,21). The molecule has 0 bridgehead atoms. The smallest absolute Gasteiger partial charge is 0.257 e. The lowest BCUT2D eigenvalue weighted by molar-refractivity contribution is 0.0977. The van der Waals surface area contributed by atoms with E-state index in [4.69, 9.17) is 17.0 Å². The molecular formula is C14H14BrN3O2S2. The van der Waals surface area contributed by atoms with Crippen molar-refractivity contribution in [3.05, 3.63) is 39.8 Å². The fraction of sp³-hybridized carbons (Fsp3) is 0.214. The number of carbonyl (C=O) groups excluding carboxylic acids is 1. The van der Waals surface area contributed by atoms with Crippen LogP contribution in [-0.4, -0.2) is 22.6 Å². The summed E-state index contributed by atoms with van der Waals surface area (Å²) in [6.45, 7) is 2.66. The zero-order chi connectivity index (χ0) is 15.9. The van der Waals surface area contributed by atoms with E-state index in [9.17, 15) is 4.79 Å². The van der Waals surface area contributed by atoms with Gasteiger partial charge in [0.15, 0.2) is 10.2 Å². The zero-order valence-corrected chi connectivity index (χ0v) is 15.0. The van der Waals surface area contributed by atoms with Gasteiger partial charge in [0.1, 0.15) is 5.75 Å². The third kappa shape index (κ3) is 4.75. The number of amides is 1. The van der Waals surface area contributed by atoms with Crippen LogP contribution < -0.4 is 15.4 Å². The first-order valence-electron chi connectivity index (χ1n) is 6.54. The molecule has 0 fully saturated rings. The Hall–Kier alpha value is -1.51. The molecule has 1 aromatic carbocycles. The Morgan fingerprint density at radius 2 is 2.32 bits per heavy atom. The Balaban J connectivity index is 1.97. The molecule has 8 heteroatoms. The quantitative estimate of drug-likeness (QED) is 0.748. The molecule has 0 saturated carbocycles. The topological polar surface area (TPSA) is 63.2 Å². The Bertz CT molecular complexity index is 662. The fourth-order valence-electron chi connectivity index (χ4n) is 1.56. The Morgan fingerprint density at radius 3 is 2.95 bits per heavy atom. The van der Waals surface area contributed by atoms with Crippen molar-refractivity contribution in [3.63, 3.8) is 0 Å². The number of rotatable bonds is 5. The summed E-state index contributed by atoms with van der Waals surface area (Å²) in [5.41, 5.74) is 0.485. The van der Waals surface area contributed by atoms with E-state index in [1.54, 1.807) is 24.4 Å². The molecule has 0 saturated heterocycles. The summed E-state index contributed by atoms with van der Waals surface area (Å²) < 4.78 is 6.28. The second kappa shape index (κ2) is 8.21. The van der Waals surface area contributed by atoms with E-state index < -0.39 is 0 Å². The summed E-state index contributed by atoms with van der Waals surface area (Å²) in [5.74, 6) is 0.415. The molecule has 2 N–H and O–H groups in total. The van der Waals surface area contributed by atoms with Crippen LogP contribution in [0.25, 0.3) is 0 Å². The maximum Gasteiger partial charge on any atom is 0.257 e. The van der Waals surface area contributed by atoms with Crippen LogP contribution in [0.3, 0.4) is 0 Å². The minimum Gasteiger partial charge on any atom is -0.492 e. The third-order valence-corrected chi connectivity index (χ3v) is 4.05. The van der Waals surface area contributed by atoms with Gasteiger partial charge in [0.2, 0.25) is 0 Å². The second-order valence-corrected chi connectivity index (χ2v) is 6.40. The molecule has 0 unspecified atom stereocenters. The van der Waals surface area contributed by atoms with Gasteiger partial charge in [-0.25, -0.2) is 4.98 Å². The number of ether oxygens (including phenoxy) is 1. The molecule has 0 radical (unpaired) electrons. The van der Waals surface area contributed by atoms with Crippen LogP contribution in [0.5, 0.6) is 5.75 Å². The molecule has 1 heterocycles. The van der Waals surface area contributed by atoms with Gasteiger partial charge >= 0.3 is 0 Å². The number of aromatic nitrogens is 1. The van der Waals surface area contributed by atoms with Crippen molar-refractivity contribution in [2.45, 2.75) is 13.3 Å². The van der Waals surface area contributed by atoms with Crippen molar-refractivity contribution in [3.8, 4) is 5.75 Å². The summed E-state index contributed by atoms with van der Waals surface area (Å²) in [6.07, 6.45) is 2.58. The molecule has 0 aliphatic heterocycles. The van der Waals surface area contributed by atoms with Crippen molar-refractivity contribution >= 4 is 55.6 Å². The maximum absolute atomic E-state index is 12.1.